The number of hydrogen-bond donors (Lipinski definition) is 0. The Balaban J connectivity index is 1.75. The Morgan fingerprint density at radius 1 is 1.60 bits per heavy atom. The van der Waals surface area contributed by atoms with Crippen LogP contribution in [-0.2, 0) is 6.54 Å². The zero-order valence-corrected chi connectivity index (χ0v) is 9.08. The highest BCUT2D eigenvalue weighted by Crippen LogP contribution is 2.21. The van der Waals surface area contributed by atoms with Crippen LogP contribution in [0.2, 0.25) is 0 Å². The molecule has 1 atom stereocenters. The molecule has 1 aliphatic heterocycles. The van der Waals surface area contributed by atoms with E-state index in [0.29, 0.717) is 13.0 Å². The summed E-state index contributed by atoms with van der Waals surface area (Å²) in [5.41, 5.74) is 0. The normalized spacial score (nSPS) is 22.9. The number of fused-ring (bicyclic) bond motifs is 1. The largest absolute Gasteiger partial charge is 0.297 e. The first-order chi connectivity index (χ1) is 7.31. The van der Waals surface area contributed by atoms with Crippen molar-refractivity contribution in [2.24, 2.45) is 0 Å². The van der Waals surface area contributed by atoms with E-state index in [9.17, 15) is 4.39 Å². The van der Waals surface area contributed by atoms with E-state index in [1.54, 1.807) is 17.5 Å². The molecule has 0 aromatic carbocycles. The number of alkyl halides is 1. The molecule has 2 aromatic heterocycles. The predicted octanol–water partition coefficient (Wildman–Crippen LogP) is 1.94. The van der Waals surface area contributed by atoms with Gasteiger partial charge in [-0.1, -0.05) is 11.3 Å². The molecule has 80 valence electrons. The molecular weight excluding hydrogens is 213 g/mol. The summed E-state index contributed by atoms with van der Waals surface area (Å²) in [5.74, 6) is 0. The molecule has 0 radical (unpaired) electrons. The van der Waals surface area contributed by atoms with Gasteiger partial charge in [-0.15, -0.1) is 0 Å². The lowest BCUT2D eigenvalue weighted by Gasteiger charge is -2.11. The minimum absolute atomic E-state index is 0.584. The molecule has 0 bridgehead atoms. The van der Waals surface area contributed by atoms with Gasteiger partial charge in [0.15, 0.2) is 4.96 Å². The molecule has 1 fully saturated rings. The van der Waals surface area contributed by atoms with E-state index in [1.165, 1.54) is 4.88 Å². The lowest BCUT2D eigenvalue weighted by molar-refractivity contribution is 0.284. The molecular formula is C10H12FN3S. The molecule has 1 saturated heterocycles. The molecule has 0 amide bonds. The zero-order valence-electron chi connectivity index (χ0n) is 8.27. The van der Waals surface area contributed by atoms with E-state index in [0.717, 1.165) is 18.1 Å². The highest BCUT2D eigenvalue weighted by atomic mass is 32.1. The summed E-state index contributed by atoms with van der Waals surface area (Å²) in [6.07, 6.45) is 5.87. The van der Waals surface area contributed by atoms with Gasteiger partial charge in [0.1, 0.15) is 6.17 Å². The molecule has 0 N–H and O–H groups in total. The predicted molar refractivity (Wildman–Crippen MR) is 57.9 cm³/mol. The first-order valence-electron chi connectivity index (χ1n) is 5.09. The van der Waals surface area contributed by atoms with Gasteiger partial charge in [0.25, 0.3) is 0 Å². The third-order valence-corrected chi connectivity index (χ3v) is 3.73. The summed E-state index contributed by atoms with van der Waals surface area (Å²) in [7, 11) is 0. The van der Waals surface area contributed by atoms with E-state index in [2.05, 4.69) is 16.1 Å². The summed E-state index contributed by atoms with van der Waals surface area (Å²) in [6.45, 7) is 2.32. The number of rotatable bonds is 2. The fourth-order valence-electron chi connectivity index (χ4n) is 2.00. The molecule has 2 aromatic rings. The van der Waals surface area contributed by atoms with Crippen molar-refractivity contribution >= 4 is 16.3 Å². The Labute approximate surface area is 91.2 Å². The summed E-state index contributed by atoms with van der Waals surface area (Å²) in [4.78, 5) is 8.65. The Hall–Kier alpha value is -0.940. The Kier molecular flexibility index (Phi) is 2.21. The number of thiazole rings is 1. The fourth-order valence-corrected chi connectivity index (χ4v) is 2.98. The van der Waals surface area contributed by atoms with Gasteiger partial charge in [0, 0.05) is 43.1 Å². The van der Waals surface area contributed by atoms with E-state index in [-0.39, 0.29) is 0 Å². The van der Waals surface area contributed by atoms with Crippen molar-refractivity contribution in [3.05, 3.63) is 23.5 Å². The van der Waals surface area contributed by atoms with Crippen LogP contribution in [0.1, 0.15) is 11.3 Å². The maximum atomic E-state index is 13.0. The monoisotopic (exact) mass is 225 g/mol. The third-order valence-electron chi connectivity index (χ3n) is 2.73. The van der Waals surface area contributed by atoms with E-state index < -0.39 is 6.17 Å². The van der Waals surface area contributed by atoms with E-state index in [4.69, 9.17) is 0 Å². The van der Waals surface area contributed by atoms with Crippen LogP contribution in [0.25, 0.3) is 4.96 Å². The van der Waals surface area contributed by atoms with Crippen molar-refractivity contribution in [3.63, 3.8) is 0 Å². The number of likely N-dealkylation sites (tertiary alicyclic amines) is 1. The summed E-state index contributed by atoms with van der Waals surface area (Å²) in [6, 6.07) is 0. The topological polar surface area (TPSA) is 20.5 Å². The van der Waals surface area contributed by atoms with Gasteiger partial charge in [0.2, 0.25) is 0 Å². The van der Waals surface area contributed by atoms with Gasteiger partial charge in [-0.3, -0.25) is 9.30 Å². The Morgan fingerprint density at radius 2 is 2.53 bits per heavy atom. The van der Waals surface area contributed by atoms with E-state index >= 15 is 0 Å². The maximum absolute atomic E-state index is 13.0. The molecule has 0 aliphatic carbocycles. The lowest BCUT2D eigenvalue weighted by Crippen LogP contribution is -2.19. The van der Waals surface area contributed by atoms with Crippen LogP contribution in [0, 0.1) is 0 Å². The molecule has 5 heteroatoms. The van der Waals surface area contributed by atoms with E-state index in [1.807, 2.05) is 10.6 Å². The van der Waals surface area contributed by atoms with Crippen molar-refractivity contribution in [2.75, 3.05) is 13.1 Å². The van der Waals surface area contributed by atoms with Crippen LogP contribution in [-0.4, -0.2) is 33.5 Å². The van der Waals surface area contributed by atoms with Crippen LogP contribution in [0.4, 0.5) is 4.39 Å². The number of imidazole rings is 1. The Bertz CT molecular complexity index is 435. The third kappa shape index (κ3) is 1.77. The maximum Gasteiger partial charge on any atom is 0.193 e. The van der Waals surface area contributed by atoms with Crippen molar-refractivity contribution in [3.8, 4) is 0 Å². The summed E-state index contributed by atoms with van der Waals surface area (Å²) < 4.78 is 15.0. The van der Waals surface area contributed by atoms with Crippen LogP contribution in [0.15, 0.2) is 18.6 Å². The summed E-state index contributed by atoms with van der Waals surface area (Å²) >= 11 is 1.68. The van der Waals surface area contributed by atoms with Gasteiger partial charge in [0.05, 0.1) is 0 Å². The quantitative estimate of drug-likeness (QED) is 0.778. The van der Waals surface area contributed by atoms with Crippen molar-refractivity contribution in [2.45, 2.75) is 19.1 Å². The average molecular weight is 225 g/mol. The smallest absolute Gasteiger partial charge is 0.193 e. The summed E-state index contributed by atoms with van der Waals surface area (Å²) in [5, 5.41) is 0. The lowest BCUT2D eigenvalue weighted by atomic mass is 10.3. The second-order valence-corrected chi connectivity index (χ2v) is 5.03. The van der Waals surface area contributed by atoms with Gasteiger partial charge in [-0.2, -0.15) is 0 Å². The minimum atomic E-state index is -0.631. The van der Waals surface area contributed by atoms with Crippen LogP contribution in [0.3, 0.4) is 0 Å². The first-order valence-corrected chi connectivity index (χ1v) is 5.91. The molecule has 0 spiro atoms. The minimum Gasteiger partial charge on any atom is -0.297 e. The van der Waals surface area contributed by atoms with Crippen LogP contribution in [0.5, 0.6) is 0 Å². The van der Waals surface area contributed by atoms with Crippen molar-refractivity contribution in [1.82, 2.24) is 14.3 Å². The highest BCUT2D eigenvalue weighted by molar-refractivity contribution is 7.17. The first kappa shape index (κ1) is 9.30. The second kappa shape index (κ2) is 3.57. The molecule has 1 aliphatic rings. The van der Waals surface area contributed by atoms with Gasteiger partial charge < -0.3 is 0 Å². The fraction of sp³-hybridized carbons (Fsp3) is 0.500. The van der Waals surface area contributed by atoms with Gasteiger partial charge in [-0.05, 0) is 6.42 Å². The molecule has 3 heterocycles. The van der Waals surface area contributed by atoms with Gasteiger partial charge in [-0.25, -0.2) is 9.37 Å². The molecule has 1 unspecified atom stereocenters. The van der Waals surface area contributed by atoms with Crippen LogP contribution < -0.4 is 0 Å². The number of nitrogens with zero attached hydrogens (tertiary/aromatic N) is 3. The molecule has 3 nitrogen and oxygen atoms in total. The number of hydrogen-bond acceptors (Lipinski definition) is 3. The molecule has 3 rings (SSSR count). The number of halogens is 1. The van der Waals surface area contributed by atoms with Crippen molar-refractivity contribution < 1.29 is 4.39 Å². The molecule has 15 heavy (non-hydrogen) atoms. The molecule has 0 saturated carbocycles. The van der Waals surface area contributed by atoms with Crippen LogP contribution >= 0.6 is 11.3 Å². The Morgan fingerprint density at radius 3 is 3.27 bits per heavy atom. The zero-order chi connectivity index (χ0) is 10.3. The van der Waals surface area contributed by atoms with Crippen molar-refractivity contribution in [1.29, 1.82) is 0 Å². The standard InChI is InChI=1S/C10H12FN3S/c11-8-1-3-13(5-8)6-9-7-14-4-2-12-10(14)15-9/h2,4,7-8H,1,3,5-6H2. The average Bonchev–Trinajstić information content (AvgIpc) is 2.81. The highest BCUT2D eigenvalue weighted by Gasteiger charge is 2.22. The SMILES string of the molecule is FC1CCN(Cc2cn3ccnc3s2)C1. The number of aromatic nitrogens is 2. The van der Waals surface area contributed by atoms with Gasteiger partial charge >= 0.3 is 0 Å². The second-order valence-electron chi connectivity index (χ2n) is 3.94.